The number of sulfone groups is 1. The van der Waals surface area contributed by atoms with Crippen LogP contribution in [0.4, 0.5) is 10.2 Å². The number of sulfonamides is 1. The molecular formula is C26H32FN3O5S2. The highest BCUT2D eigenvalue weighted by Gasteiger charge is 2.34. The third-order valence-electron chi connectivity index (χ3n) is 7.26. The Bertz CT molecular complexity index is 1510. The van der Waals surface area contributed by atoms with E-state index in [-0.39, 0.29) is 24.0 Å². The molecule has 2 aromatic heterocycles. The Morgan fingerprint density at radius 1 is 1.19 bits per heavy atom. The van der Waals surface area contributed by atoms with E-state index in [1.807, 2.05) is 13.1 Å². The predicted octanol–water partition coefficient (Wildman–Crippen LogP) is 4.35. The molecule has 0 radical (unpaired) electrons. The quantitative estimate of drug-likeness (QED) is 0.400. The van der Waals surface area contributed by atoms with Crippen molar-refractivity contribution in [3.8, 4) is 11.3 Å². The molecule has 1 saturated carbocycles. The number of nitrogens with one attached hydrogen (secondary N) is 1. The van der Waals surface area contributed by atoms with Gasteiger partial charge in [0.15, 0.2) is 9.84 Å². The molecule has 0 amide bonds. The number of fused-ring (bicyclic) bond motifs is 1. The summed E-state index contributed by atoms with van der Waals surface area (Å²) in [6.07, 6.45) is 5.19. The number of hydrogen-bond donors (Lipinski definition) is 1. The maximum atomic E-state index is 13.5. The molecule has 0 bridgehead atoms. The van der Waals surface area contributed by atoms with Gasteiger partial charge in [-0.15, -0.1) is 0 Å². The van der Waals surface area contributed by atoms with Gasteiger partial charge in [0.25, 0.3) is 0 Å². The first-order chi connectivity index (χ1) is 17.6. The van der Waals surface area contributed by atoms with Gasteiger partial charge in [-0.2, -0.15) is 4.98 Å². The SMILES string of the molecule is CNCc1c(-c2ccc(F)cc2)oc2nc(N(CCCC3CCCS3(=O)=O)S(C)(=O)=O)c(C3CC3)cc12. The number of rotatable bonds is 10. The fraction of sp³-hybridized carbons (Fsp3) is 0.500. The van der Waals surface area contributed by atoms with Crippen LogP contribution in [0.5, 0.6) is 0 Å². The zero-order valence-electron chi connectivity index (χ0n) is 21.0. The van der Waals surface area contributed by atoms with Gasteiger partial charge in [-0.3, -0.25) is 4.31 Å². The number of nitrogens with zero attached hydrogens (tertiary/aromatic N) is 2. The van der Waals surface area contributed by atoms with E-state index in [1.54, 1.807) is 12.1 Å². The molecule has 1 aliphatic heterocycles. The van der Waals surface area contributed by atoms with Crippen molar-refractivity contribution >= 4 is 36.8 Å². The summed E-state index contributed by atoms with van der Waals surface area (Å²) in [5.41, 5.74) is 2.76. The monoisotopic (exact) mass is 549 g/mol. The zero-order valence-corrected chi connectivity index (χ0v) is 22.7. The van der Waals surface area contributed by atoms with Crippen LogP contribution in [-0.4, -0.2) is 52.7 Å². The number of aromatic nitrogens is 1. The number of furan rings is 1. The predicted molar refractivity (Wildman–Crippen MR) is 142 cm³/mol. The molecule has 2 aliphatic rings. The Balaban J connectivity index is 1.55. The number of hydrogen-bond acceptors (Lipinski definition) is 7. The van der Waals surface area contributed by atoms with E-state index >= 15 is 0 Å². The molecule has 1 N–H and O–H groups in total. The molecule has 8 nitrogen and oxygen atoms in total. The third-order valence-corrected chi connectivity index (χ3v) is 10.8. The van der Waals surface area contributed by atoms with Gasteiger partial charge in [-0.25, -0.2) is 21.2 Å². The Kier molecular flexibility index (Phi) is 7.06. The molecule has 1 unspecified atom stereocenters. The smallest absolute Gasteiger partial charge is 0.233 e. The largest absolute Gasteiger partial charge is 0.437 e. The molecular weight excluding hydrogens is 517 g/mol. The second-order valence-corrected chi connectivity index (χ2v) is 14.4. The molecule has 1 saturated heterocycles. The highest BCUT2D eigenvalue weighted by molar-refractivity contribution is 7.92. The second-order valence-electron chi connectivity index (χ2n) is 10.1. The van der Waals surface area contributed by atoms with Crippen molar-refractivity contribution in [3.05, 3.63) is 47.3 Å². The van der Waals surface area contributed by atoms with Crippen LogP contribution in [-0.2, 0) is 26.4 Å². The van der Waals surface area contributed by atoms with Gasteiger partial charge in [0.1, 0.15) is 17.4 Å². The Labute approximate surface area is 217 Å². The van der Waals surface area contributed by atoms with Gasteiger partial charge >= 0.3 is 0 Å². The summed E-state index contributed by atoms with van der Waals surface area (Å²) in [6, 6.07) is 8.02. The Morgan fingerprint density at radius 3 is 2.51 bits per heavy atom. The second kappa shape index (κ2) is 9.99. The minimum Gasteiger partial charge on any atom is -0.437 e. The summed E-state index contributed by atoms with van der Waals surface area (Å²) in [7, 11) is -4.95. The van der Waals surface area contributed by atoms with Crippen LogP contribution in [0.3, 0.4) is 0 Å². The first-order valence-electron chi connectivity index (χ1n) is 12.6. The molecule has 200 valence electrons. The van der Waals surface area contributed by atoms with Crippen LogP contribution in [0.2, 0.25) is 0 Å². The summed E-state index contributed by atoms with van der Waals surface area (Å²) < 4.78 is 71.4. The van der Waals surface area contributed by atoms with Gasteiger partial charge < -0.3 is 9.73 Å². The lowest BCUT2D eigenvalue weighted by atomic mass is 10.0. The summed E-state index contributed by atoms with van der Waals surface area (Å²) in [5.74, 6) is 0.982. The van der Waals surface area contributed by atoms with Gasteiger partial charge in [0, 0.05) is 29.6 Å². The van der Waals surface area contributed by atoms with E-state index in [0.29, 0.717) is 55.1 Å². The van der Waals surface area contributed by atoms with E-state index < -0.39 is 25.1 Å². The standard InChI is InChI=1S/C26H32FN3O5S2/c1-28-16-23-22-15-21(17-7-8-17)25(29-26(22)35-24(23)18-9-11-19(27)12-10-18)30(36(2,31)32)13-3-5-20-6-4-14-37(20,33)34/h9-12,15,17,20,28H,3-8,13-14,16H2,1-2H3. The van der Waals surface area contributed by atoms with Crippen molar-refractivity contribution in [2.75, 3.05) is 29.9 Å². The summed E-state index contributed by atoms with van der Waals surface area (Å²) in [4.78, 5) is 4.75. The number of halogens is 1. The lowest BCUT2D eigenvalue weighted by molar-refractivity contribution is 0.573. The van der Waals surface area contributed by atoms with E-state index in [4.69, 9.17) is 9.40 Å². The van der Waals surface area contributed by atoms with Crippen LogP contribution in [0.25, 0.3) is 22.4 Å². The van der Waals surface area contributed by atoms with Crippen molar-refractivity contribution in [2.24, 2.45) is 0 Å². The number of benzene rings is 1. The summed E-state index contributed by atoms with van der Waals surface area (Å²) in [5, 5.41) is 3.55. The van der Waals surface area contributed by atoms with Crippen molar-refractivity contribution in [2.45, 2.75) is 56.2 Å². The first kappa shape index (κ1) is 26.1. The van der Waals surface area contributed by atoms with E-state index in [0.717, 1.165) is 35.6 Å². The van der Waals surface area contributed by atoms with Crippen molar-refractivity contribution in [1.82, 2.24) is 10.3 Å². The average Bonchev–Trinajstić information content (AvgIpc) is 3.54. The van der Waals surface area contributed by atoms with Gasteiger partial charge in [-0.1, -0.05) is 0 Å². The maximum Gasteiger partial charge on any atom is 0.233 e. The zero-order chi connectivity index (χ0) is 26.4. The van der Waals surface area contributed by atoms with Gasteiger partial charge in [0.05, 0.1) is 17.3 Å². The van der Waals surface area contributed by atoms with Crippen LogP contribution in [0.15, 0.2) is 34.7 Å². The normalized spacial score (nSPS) is 19.5. The summed E-state index contributed by atoms with van der Waals surface area (Å²) >= 11 is 0. The molecule has 1 aromatic carbocycles. The number of anilines is 1. The van der Waals surface area contributed by atoms with Crippen molar-refractivity contribution in [1.29, 1.82) is 0 Å². The maximum absolute atomic E-state index is 13.5. The van der Waals surface area contributed by atoms with Crippen molar-refractivity contribution in [3.63, 3.8) is 0 Å². The molecule has 11 heteroatoms. The topological polar surface area (TPSA) is 110 Å². The van der Waals surface area contributed by atoms with Crippen LogP contribution in [0.1, 0.15) is 55.6 Å². The fourth-order valence-corrected chi connectivity index (χ4v) is 8.11. The van der Waals surface area contributed by atoms with Gasteiger partial charge in [-0.05, 0) is 87.4 Å². The molecule has 0 spiro atoms. The lowest BCUT2D eigenvalue weighted by Gasteiger charge is -2.24. The van der Waals surface area contributed by atoms with E-state index in [2.05, 4.69) is 5.32 Å². The molecule has 1 atom stereocenters. The number of pyridine rings is 1. The minimum atomic E-state index is -3.68. The van der Waals surface area contributed by atoms with Crippen LogP contribution >= 0.6 is 0 Å². The fourth-order valence-electron chi connectivity index (χ4n) is 5.23. The molecule has 3 heterocycles. The average molecular weight is 550 g/mol. The highest BCUT2D eigenvalue weighted by atomic mass is 32.2. The third kappa shape index (κ3) is 5.39. The molecule has 5 rings (SSSR count). The van der Waals surface area contributed by atoms with Crippen molar-refractivity contribution < 1.29 is 25.6 Å². The molecule has 2 fully saturated rings. The van der Waals surface area contributed by atoms with Crippen LogP contribution < -0.4 is 9.62 Å². The first-order valence-corrected chi connectivity index (χ1v) is 16.2. The summed E-state index contributed by atoms with van der Waals surface area (Å²) in [6.45, 7) is 0.647. The minimum absolute atomic E-state index is 0.151. The molecule has 1 aliphatic carbocycles. The van der Waals surface area contributed by atoms with E-state index in [9.17, 15) is 21.2 Å². The van der Waals surface area contributed by atoms with Gasteiger partial charge in [0.2, 0.25) is 15.7 Å². The van der Waals surface area contributed by atoms with Crippen LogP contribution in [0, 0.1) is 5.82 Å². The lowest BCUT2D eigenvalue weighted by Crippen LogP contribution is -2.33. The molecule has 3 aromatic rings. The highest BCUT2D eigenvalue weighted by Crippen LogP contribution is 2.46. The molecule has 37 heavy (non-hydrogen) atoms. The Hall–Kier alpha value is -2.50. The Morgan fingerprint density at radius 2 is 1.92 bits per heavy atom. The van der Waals surface area contributed by atoms with E-state index in [1.165, 1.54) is 16.4 Å².